The van der Waals surface area contributed by atoms with Crippen LogP contribution >= 0.6 is 11.3 Å². The Balaban J connectivity index is 2.46. The number of rotatable bonds is 6. The Kier molecular flexibility index (Phi) is 4.89. The first kappa shape index (κ1) is 13.6. The van der Waals surface area contributed by atoms with Crippen LogP contribution in [-0.2, 0) is 22.0 Å². The molecule has 16 heavy (non-hydrogen) atoms. The van der Waals surface area contributed by atoms with Gasteiger partial charge < -0.3 is 5.32 Å². The SMILES string of the molecule is CC(C)NCCc1csc(CS(C)(=O)=O)n1. The van der Waals surface area contributed by atoms with Crippen molar-refractivity contribution in [3.05, 3.63) is 16.1 Å². The summed E-state index contributed by atoms with van der Waals surface area (Å²) in [7, 11) is -2.97. The minimum atomic E-state index is -2.97. The van der Waals surface area contributed by atoms with Crippen LogP contribution in [0.3, 0.4) is 0 Å². The molecule has 0 aliphatic heterocycles. The summed E-state index contributed by atoms with van der Waals surface area (Å²) in [5.41, 5.74) is 0.969. The van der Waals surface area contributed by atoms with Gasteiger partial charge >= 0.3 is 0 Å². The Morgan fingerprint density at radius 3 is 2.75 bits per heavy atom. The van der Waals surface area contributed by atoms with Crippen LogP contribution in [0.5, 0.6) is 0 Å². The van der Waals surface area contributed by atoms with Gasteiger partial charge in [0.25, 0.3) is 0 Å². The van der Waals surface area contributed by atoms with Gasteiger partial charge in [0, 0.05) is 30.6 Å². The zero-order chi connectivity index (χ0) is 12.2. The normalized spacial score (nSPS) is 12.2. The monoisotopic (exact) mass is 262 g/mol. The molecule has 1 N–H and O–H groups in total. The highest BCUT2D eigenvalue weighted by Gasteiger charge is 2.08. The van der Waals surface area contributed by atoms with E-state index in [1.54, 1.807) is 0 Å². The molecular weight excluding hydrogens is 244 g/mol. The predicted octanol–water partition coefficient (Wildman–Crippen LogP) is 1.23. The molecule has 0 saturated heterocycles. The van der Waals surface area contributed by atoms with Gasteiger partial charge in [0.05, 0.1) is 5.69 Å². The standard InChI is InChI=1S/C10H18N2O2S2/c1-8(2)11-5-4-9-6-15-10(12-9)7-16(3,13)14/h6,8,11H,4-5,7H2,1-3H3. The lowest BCUT2D eigenvalue weighted by Gasteiger charge is -2.05. The van der Waals surface area contributed by atoms with Crippen LogP contribution in [0.4, 0.5) is 0 Å². The third-order valence-electron chi connectivity index (χ3n) is 1.92. The van der Waals surface area contributed by atoms with Gasteiger partial charge in [-0.25, -0.2) is 13.4 Å². The van der Waals surface area contributed by atoms with Crippen LogP contribution in [0, 0.1) is 0 Å². The zero-order valence-electron chi connectivity index (χ0n) is 9.86. The van der Waals surface area contributed by atoms with Crippen LogP contribution in [0.1, 0.15) is 24.5 Å². The van der Waals surface area contributed by atoms with E-state index >= 15 is 0 Å². The quantitative estimate of drug-likeness (QED) is 0.837. The summed E-state index contributed by atoms with van der Waals surface area (Å²) in [6.07, 6.45) is 2.08. The summed E-state index contributed by atoms with van der Waals surface area (Å²) < 4.78 is 22.1. The van der Waals surface area contributed by atoms with Gasteiger partial charge in [-0.05, 0) is 0 Å². The second-order valence-corrected chi connectivity index (χ2v) is 7.24. The fourth-order valence-corrected chi connectivity index (χ4v) is 3.28. The fourth-order valence-electron chi connectivity index (χ4n) is 1.24. The van der Waals surface area contributed by atoms with E-state index in [0.717, 1.165) is 18.7 Å². The average Bonchev–Trinajstić information content (AvgIpc) is 2.48. The Labute approximate surface area is 101 Å². The van der Waals surface area contributed by atoms with Crippen molar-refractivity contribution in [3.63, 3.8) is 0 Å². The molecule has 4 nitrogen and oxygen atoms in total. The summed E-state index contributed by atoms with van der Waals surface area (Å²) in [6, 6.07) is 0.467. The van der Waals surface area contributed by atoms with Crippen LogP contribution in [-0.4, -0.2) is 32.2 Å². The maximum absolute atomic E-state index is 11.1. The van der Waals surface area contributed by atoms with Crippen molar-refractivity contribution in [2.75, 3.05) is 12.8 Å². The summed E-state index contributed by atoms with van der Waals surface area (Å²) in [5.74, 6) is 0.0509. The van der Waals surface area contributed by atoms with Gasteiger partial charge in [-0.3, -0.25) is 0 Å². The first-order valence-corrected chi connectivity index (χ1v) is 8.15. The number of sulfone groups is 1. The lowest BCUT2D eigenvalue weighted by atomic mass is 10.3. The molecule has 92 valence electrons. The molecule has 1 aromatic heterocycles. The van der Waals surface area contributed by atoms with Crippen molar-refractivity contribution in [2.45, 2.75) is 32.1 Å². The average molecular weight is 262 g/mol. The summed E-state index contributed by atoms with van der Waals surface area (Å²) in [5, 5.41) is 5.91. The van der Waals surface area contributed by atoms with Crippen LogP contribution in [0.25, 0.3) is 0 Å². The van der Waals surface area contributed by atoms with Gasteiger partial charge in [-0.2, -0.15) is 0 Å². The molecule has 1 heterocycles. The minimum absolute atomic E-state index is 0.0509. The van der Waals surface area contributed by atoms with Gasteiger partial charge in [0.1, 0.15) is 10.8 Å². The Morgan fingerprint density at radius 1 is 1.50 bits per heavy atom. The Morgan fingerprint density at radius 2 is 2.19 bits per heavy atom. The van der Waals surface area contributed by atoms with Crippen molar-refractivity contribution in [1.29, 1.82) is 0 Å². The number of thiazole rings is 1. The van der Waals surface area contributed by atoms with E-state index in [1.807, 2.05) is 5.38 Å². The third-order valence-corrected chi connectivity index (χ3v) is 3.80. The van der Waals surface area contributed by atoms with Crippen molar-refractivity contribution in [2.24, 2.45) is 0 Å². The smallest absolute Gasteiger partial charge is 0.153 e. The highest BCUT2D eigenvalue weighted by atomic mass is 32.2. The minimum Gasteiger partial charge on any atom is -0.314 e. The van der Waals surface area contributed by atoms with E-state index < -0.39 is 9.84 Å². The molecule has 0 unspecified atom stereocenters. The molecule has 1 aromatic rings. The highest BCUT2D eigenvalue weighted by Crippen LogP contribution is 2.12. The molecule has 1 rings (SSSR count). The maximum atomic E-state index is 11.1. The third kappa shape index (κ3) is 5.58. The molecule has 6 heteroatoms. The molecule has 0 aliphatic carbocycles. The van der Waals surface area contributed by atoms with Crippen LogP contribution < -0.4 is 5.32 Å². The number of nitrogens with one attached hydrogen (secondary N) is 1. The van der Waals surface area contributed by atoms with E-state index in [9.17, 15) is 8.42 Å². The van der Waals surface area contributed by atoms with E-state index in [4.69, 9.17) is 0 Å². The molecule has 0 bridgehead atoms. The van der Waals surface area contributed by atoms with Gasteiger partial charge in [0.2, 0.25) is 0 Å². The number of hydrogen-bond acceptors (Lipinski definition) is 5. The first-order chi connectivity index (χ1) is 7.37. The Bertz CT molecular complexity index is 424. The summed E-state index contributed by atoms with van der Waals surface area (Å²) in [4.78, 5) is 4.29. The second-order valence-electron chi connectivity index (χ2n) is 4.16. The van der Waals surface area contributed by atoms with Gasteiger partial charge in [-0.1, -0.05) is 13.8 Å². The fraction of sp³-hybridized carbons (Fsp3) is 0.700. The predicted molar refractivity (Wildman–Crippen MR) is 67.5 cm³/mol. The molecule has 0 aliphatic rings. The van der Waals surface area contributed by atoms with Crippen LogP contribution in [0.15, 0.2) is 5.38 Å². The topological polar surface area (TPSA) is 59.1 Å². The lowest BCUT2D eigenvalue weighted by Crippen LogP contribution is -2.25. The lowest BCUT2D eigenvalue weighted by molar-refractivity contribution is 0.587. The number of nitrogens with zero attached hydrogens (tertiary/aromatic N) is 1. The molecule has 0 amide bonds. The summed E-state index contributed by atoms with van der Waals surface area (Å²) >= 11 is 1.42. The summed E-state index contributed by atoms with van der Waals surface area (Å²) in [6.45, 7) is 5.06. The maximum Gasteiger partial charge on any atom is 0.153 e. The Hall–Kier alpha value is -0.460. The molecule has 0 fully saturated rings. The van der Waals surface area contributed by atoms with E-state index in [0.29, 0.717) is 11.0 Å². The number of hydrogen-bond donors (Lipinski definition) is 1. The molecule has 0 radical (unpaired) electrons. The molecule has 0 spiro atoms. The molecule has 0 atom stereocenters. The highest BCUT2D eigenvalue weighted by molar-refractivity contribution is 7.90. The van der Waals surface area contributed by atoms with Crippen molar-refractivity contribution < 1.29 is 8.42 Å². The number of aromatic nitrogens is 1. The molecule has 0 aromatic carbocycles. The molecular formula is C10H18N2O2S2. The van der Waals surface area contributed by atoms with Crippen molar-refractivity contribution in [3.8, 4) is 0 Å². The van der Waals surface area contributed by atoms with Gasteiger partial charge in [0.15, 0.2) is 9.84 Å². The van der Waals surface area contributed by atoms with Crippen molar-refractivity contribution in [1.82, 2.24) is 10.3 Å². The zero-order valence-corrected chi connectivity index (χ0v) is 11.5. The van der Waals surface area contributed by atoms with Crippen LogP contribution in [0.2, 0.25) is 0 Å². The van der Waals surface area contributed by atoms with Gasteiger partial charge in [-0.15, -0.1) is 11.3 Å². The van der Waals surface area contributed by atoms with E-state index in [2.05, 4.69) is 24.1 Å². The largest absolute Gasteiger partial charge is 0.314 e. The first-order valence-electron chi connectivity index (χ1n) is 5.21. The molecule has 0 saturated carbocycles. The second kappa shape index (κ2) is 5.75. The van der Waals surface area contributed by atoms with E-state index in [1.165, 1.54) is 17.6 Å². The van der Waals surface area contributed by atoms with E-state index in [-0.39, 0.29) is 5.75 Å². The van der Waals surface area contributed by atoms with Crippen molar-refractivity contribution >= 4 is 21.2 Å².